The van der Waals surface area contributed by atoms with Crippen LogP contribution in [-0.2, 0) is 4.74 Å². The van der Waals surface area contributed by atoms with Crippen LogP contribution in [0.2, 0.25) is 0 Å². The van der Waals surface area contributed by atoms with Crippen LogP contribution in [0, 0.1) is 0 Å². The fourth-order valence-corrected chi connectivity index (χ4v) is 1.88. The lowest BCUT2D eigenvalue weighted by Gasteiger charge is -2.19. The van der Waals surface area contributed by atoms with Crippen molar-refractivity contribution in [3.05, 3.63) is 30.1 Å². The first kappa shape index (κ1) is 11.1. The molecule has 0 radical (unpaired) electrons. The summed E-state index contributed by atoms with van der Waals surface area (Å²) in [5, 5.41) is 2.95. The van der Waals surface area contributed by atoms with Crippen molar-refractivity contribution >= 4 is 5.91 Å². The van der Waals surface area contributed by atoms with Gasteiger partial charge in [-0.1, -0.05) is 0 Å². The monoisotopic (exact) mass is 220 g/mol. The predicted molar refractivity (Wildman–Crippen MR) is 60.1 cm³/mol. The van der Waals surface area contributed by atoms with Gasteiger partial charge in [0.1, 0.15) is 0 Å². The number of hydrogen-bond donors (Lipinski definition) is 1. The molecule has 86 valence electrons. The van der Waals surface area contributed by atoms with E-state index in [4.69, 9.17) is 4.74 Å². The maximum atomic E-state index is 11.8. The predicted octanol–water partition coefficient (Wildman–Crippen LogP) is 1.38. The third kappa shape index (κ3) is 2.58. The van der Waals surface area contributed by atoms with E-state index in [0.29, 0.717) is 5.56 Å². The van der Waals surface area contributed by atoms with E-state index in [1.807, 2.05) is 6.92 Å². The lowest BCUT2D eigenvalue weighted by molar-refractivity contribution is 0.0712. The summed E-state index contributed by atoms with van der Waals surface area (Å²) in [6.07, 6.45) is 5.50. The van der Waals surface area contributed by atoms with E-state index in [2.05, 4.69) is 10.3 Å². The molecule has 1 N–H and O–H groups in total. The van der Waals surface area contributed by atoms with Crippen molar-refractivity contribution < 1.29 is 9.53 Å². The van der Waals surface area contributed by atoms with Crippen molar-refractivity contribution in [2.45, 2.75) is 31.9 Å². The van der Waals surface area contributed by atoms with E-state index in [9.17, 15) is 4.79 Å². The van der Waals surface area contributed by atoms with E-state index in [-0.39, 0.29) is 18.1 Å². The zero-order valence-electron chi connectivity index (χ0n) is 9.35. The molecule has 2 atom stereocenters. The number of hydrogen-bond acceptors (Lipinski definition) is 3. The Morgan fingerprint density at radius 2 is 2.31 bits per heavy atom. The van der Waals surface area contributed by atoms with Gasteiger partial charge in [0.15, 0.2) is 0 Å². The molecule has 1 amide bonds. The number of nitrogens with one attached hydrogen (secondary N) is 1. The summed E-state index contributed by atoms with van der Waals surface area (Å²) >= 11 is 0. The van der Waals surface area contributed by atoms with Crippen molar-refractivity contribution in [2.24, 2.45) is 0 Å². The number of nitrogens with zero attached hydrogens (tertiary/aromatic N) is 1. The third-order valence-corrected chi connectivity index (χ3v) is 2.82. The van der Waals surface area contributed by atoms with Crippen LogP contribution in [0.15, 0.2) is 24.5 Å². The van der Waals surface area contributed by atoms with Crippen LogP contribution in [-0.4, -0.2) is 29.6 Å². The van der Waals surface area contributed by atoms with Gasteiger partial charge in [-0.15, -0.1) is 0 Å². The molecule has 0 aliphatic carbocycles. The molecular weight excluding hydrogens is 204 g/mol. The van der Waals surface area contributed by atoms with E-state index >= 15 is 0 Å². The maximum Gasteiger partial charge on any atom is 0.251 e. The minimum atomic E-state index is -0.0644. The van der Waals surface area contributed by atoms with Gasteiger partial charge < -0.3 is 10.1 Å². The van der Waals surface area contributed by atoms with Crippen LogP contribution in [0.5, 0.6) is 0 Å². The summed E-state index contributed by atoms with van der Waals surface area (Å²) in [5.74, 6) is -0.0644. The molecule has 1 fully saturated rings. The number of amides is 1. The number of aromatic nitrogens is 1. The zero-order valence-corrected chi connectivity index (χ0v) is 9.35. The van der Waals surface area contributed by atoms with Gasteiger partial charge >= 0.3 is 0 Å². The molecule has 0 saturated carbocycles. The normalized spacial score (nSPS) is 21.7. The summed E-state index contributed by atoms with van der Waals surface area (Å²) in [7, 11) is 0. The molecule has 4 heteroatoms. The Kier molecular flexibility index (Phi) is 3.51. The number of rotatable bonds is 3. The van der Waals surface area contributed by atoms with Crippen LogP contribution in [0.1, 0.15) is 30.1 Å². The average Bonchev–Trinajstić information content (AvgIpc) is 2.83. The van der Waals surface area contributed by atoms with Crippen molar-refractivity contribution in [1.29, 1.82) is 0 Å². The molecule has 2 heterocycles. The van der Waals surface area contributed by atoms with Crippen molar-refractivity contribution in [3.8, 4) is 0 Å². The highest BCUT2D eigenvalue weighted by Gasteiger charge is 2.23. The molecule has 1 aliphatic heterocycles. The molecule has 2 unspecified atom stereocenters. The van der Waals surface area contributed by atoms with Gasteiger partial charge in [-0.25, -0.2) is 0 Å². The van der Waals surface area contributed by atoms with Gasteiger partial charge in [0.25, 0.3) is 5.91 Å². The van der Waals surface area contributed by atoms with E-state index < -0.39 is 0 Å². The second kappa shape index (κ2) is 5.07. The summed E-state index contributed by atoms with van der Waals surface area (Å²) < 4.78 is 5.52. The molecule has 0 bridgehead atoms. The van der Waals surface area contributed by atoms with Crippen molar-refractivity contribution in [1.82, 2.24) is 10.3 Å². The number of pyridine rings is 1. The quantitative estimate of drug-likeness (QED) is 0.837. The Balaban J connectivity index is 1.92. The third-order valence-electron chi connectivity index (χ3n) is 2.82. The average molecular weight is 220 g/mol. The standard InChI is InChI=1S/C12H16N2O2/c1-9(11-3-2-8-16-11)14-12(15)10-4-6-13-7-5-10/h4-7,9,11H,2-3,8H2,1H3,(H,14,15). The summed E-state index contributed by atoms with van der Waals surface area (Å²) in [6, 6.07) is 3.47. The Labute approximate surface area is 95.0 Å². The molecule has 1 aromatic rings. The first-order chi connectivity index (χ1) is 7.77. The highest BCUT2D eigenvalue weighted by molar-refractivity contribution is 5.94. The van der Waals surface area contributed by atoms with Crippen LogP contribution in [0.4, 0.5) is 0 Å². The van der Waals surface area contributed by atoms with Gasteiger partial charge in [0.05, 0.1) is 12.1 Å². The molecule has 0 spiro atoms. The fraction of sp³-hybridized carbons (Fsp3) is 0.500. The fourth-order valence-electron chi connectivity index (χ4n) is 1.88. The first-order valence-corrected chi connectivity index (χ1v) is 5.60. The van der Waals surface area contributed by atoms with Crippen LogP contribution in [0.25, 0.3) is 0 Å². The second-order valence-corrected chi connectivity index (χ2v) is 4.05. The molecule has 16 heavy (non-hydrogen) atoms. The largest absolute Gasteiger partial charge is 0.376 e. The molecule has 2 rings (SSSR count). The Morgan fingerprint density at radius 3 is 2.94 bits per heavy atom. The smallest absolute Gasteiger partial charge is 0.251 e. The Morgan fingerprint density at radius 1 is 1.56 bits per heavy atom. The van der Waals surface area contributed by atoms with E-state index in [0.717, 1.165) is 19.4 Å². The molecule has 0 aromatic carbocycles. The summed E-state index contributed by atoms with van der Waals surface area (Å²) in [5.41, 5.74) is 0.639. The first-order valence-electron chi connectivity index (χ1n) is 5.60. The highest BCUT2D eigenvalue weighted by Crippen LogP contribution is 2.15. The Bertz CT molecular complexity index is 347. The van der Waals surface area contributed by atoms with Crippen molar-refractivity contribution in [3.63, 3.8) is 0 Å². The van der Waals surface area contributed by atoms with Gasteiger partial charge in [-0.2, -0.15) is 0 Å². The number of carbonyl (C=O) groups excluding carboxylic acids is 1. The Hall–Kier alpha value is -1.42. The summed E-state index contributed by atoms with van der Waals surface area (Å²) in [6.45, 7) is 2.79. The topological polar surface area (TPSA) is 51.2 Å². The van der Waals surface area contributed by atoms with Gasteiger partial charge in [0, 0.05) is 24.6 Å². The molecule has 1 aromatic heterocycles. The zero-order chi connectivity index (χ0) is 11.4. The minimum absolute atomic E-state index is 0.0585. The maximum absolute atomic E-state index is 11.8. The van der Waals surface area contributed by atoms with Gasteiger partial charge in [-0.3, -0.25) is 9.78 Å². The molecule has 4 nitrogen and oxygen atoms in total. The number of ether oxygens (including phenoxy) is 1. The molecule has 1 saturated heterocycles. The molecule has 1 aliphatic rings. The van der Waals surface area contributed by atoms with Crippen LogP contribution >= 0.6 is 0 Å². The highest BCUT2D eigenvalue weighted by atomic mass is 16.5. The SMILES string of the molecule is CC(NC(=O)c1ccncc1)C1CCCO1. The number of carbonyl (C=O) groups is 1. The van der Waals surface area contributed by atoms with Gasteiger partial charge in [-0.05, 0) is 31.9 Å². The minimum Gasteiger partial charge on any atom is -0.376 e. The molecular formula is C12H16N2O2. The summed E-state index contributed by atoms with van der Waals surface area (Å²) in [4.78, 5) is 15.7. The van der Waals surface area contributed by atoms with Crippen LogP contribution in [0.3, 0.4) is 0 Å². The second-order valence-electron chi connectivity index (χ2n) is 4.05. The van der Waals surface area contributed by atoms with Crippen LogP contribution < -0.4 is 5.32 Å². The van der Waals surface area contributed by atoms with Gasteiger partial charge in [0.2, 0.25) is 0 Å². The lowest BCUT2D eigenvalue weighted by atomic mass is 10.1. The van der Waals surface area contributed by atoms with E-state index in [1.54, 1.807) is 24.5 Å². The lowest BCUT2D eigenvalue weighted by Crippen LogP contribution is -2.40. The van der Waals surface area contributed by atoms with E-state index in [1.165, 1.54) is 0 Å². The van der Waals surface area contributed by atoms with Crippen molar-refractivity contribution in [2.75, 3.05) is 6.61 Å².